The van der Waals surface area contributed by atoms with Gasteiger partial charge in [-0.15, -0.1) is 0 Å². The Hall–Kier alpha value is -0.800. The lowest BCUT2D eigenvalue weighted by molar-refractivity contribution is -0.126. The van der Waals surface area contributed by atoms with Gasteiger partial charge in [-0.2, -0.15) is 4.31 Å². The Kier molecular flexibility index (Phi) is 4.63. The first-order valence-corrected chi connectivity index (χ1v) is 9.93. The molecule has 1 aromatic carbocycles. The highest BCUT2D eigenvalue weighted by Crippen LogP contribution is 2.32. The van der Waals surface area contributed by atoms with Crippen LogP contribution in [0.4, 0.5) is 4.79 Å². The molecule has 2 aliphatic rings. The van der Waals surface area contributed by atoms with E-state index >= 15 is 0 Å². The van der Waals surface area contributed by atoms with Crippen LogP contribution in [0.1, 0.15) is 6.42 Å². The van der Waals surface area contributed by atoms with Crippen molar-refractivity contribution < 1.29 is 18.0 Å². The quantitative estimate of drug-likeness (QED) is 0.786. The first-order chi connectivity index (χ1) is 10.8. The maximum atomic E-state index is 12.7. The van der Waals surface area contributed by atoms with E-state index in [4.69, 9.17) is 23.2 Å². The fourth-order valence-corrected chi connectivity index (χ4v) is 5.68. The van der Waals surface area contributed by atoms with Gasteiger partial charge in [0.25, 0.3) is 5.24 Å². The van der Waals surface area contributed by atoms with Crippen LogP contribution in [0.5, 0.6) is 0 Å². The average Bonchev–Trinajstić information content (AvgIpc) is 3.09. The van der Waals surface area contributed by atoms with Crippen molar-refractivity contribution in [3.8, 4) is 0 Å². The zero-order chi connectivity index (χ0) is 16.8. The van der Waals surface area contributed by atoms with E-state index in [9.17, 15) is 18.0 Å². The fraction of sp³-hybridized carbons (Fsp3) is 0.385. The molecular weight excluding hydrogens is 383 g/mol. The van der Waals surface area contributed by atoms with Crippen molar-refractivity contribution >= 4 is 56.1 Å². The van der Waals surface area contributed by atoms with Crippen molar-refractivity contribution in [1.82, 2.24) is 9.21 Å². The number of nitrogens with zero attached hydrogens (tertiary/aromatic N) is 2. The standard InChI is InChI=1S/C13H12Cl2N2O4S2/c14-8-1-2-10(15)11(5-8)23(20,21)16-4-3-9(6-16)17-12(18)7-22-13(17)19/h1-2,5,9H,3-4,6-7H2. The number of carbonyl (C=O) groups is 2. The van der Waals surface area contributed by atoms with E-state index in [0.29, 0.717) is 6.42 Å². The maximum absolute atomic E-state index is 12.7. The average molecular weight is 395 g/mol. The minimum Gasteiger partial charge on any atom is -0.273 e. The van der Waals surface area contributed by atoms with E-state index in [-0.39, 0.29) is 44.9 Å². The number of carbonyl (C=O) groups excluding carboxylic acids is 2. The number of hydrogen-bond donors (Lipinski definition) is 0. The second kappa shape index (κ2) is 6.25. The second-order valence-corrected chi connectivity index (χ2v) is 8.88. The molecule has 0 spiro atoms. The van der Waals surface area contributed by atoms with Crippen LogP contribution in [0.15, 0.2) is 23.1 Å². The molecule has 0 bridgehead atoms. The van der Waals surface area contributed by atoms with Crippen LogP contribution in [0.3, 0.4) is 0 Å². The molecule has 6 nitrogen and oxygen atoms in total. The van der Waals surface area contributed by atoms with Crippen molar-refractivity contribution in [2.75, 3.05) is 18.8 Å². The van der Waals surface area contributed by atoms with Crippen LogP contribution < -0.4 is 0 Å². The van der Waals surface area contributed by atoms with Crippen molar-refractivity contribution in [1.29, 1.82) is 0 Å². The summed E-state index contributed by atoms with van der Waals surface area (Å²) in [6.07, 6.45) is 0.412. The molecule has 0 aliphatic carbocycles. The molecule has 10 heteroatoms. The van der Waals surface area contributed by atoms with Gasteiger partial charge in [0.1, 0.15) is 4.90 Å². The first-order valence-electron chi connectivity index (χ1n) is 6.74. The molecule has 1 atom stereocenters. The summed E-state index contributed by atoms with van der Waals surface area (Å²) in [6, 6.07) is 3.80. The van der Waals surface area contributed by atoms with E-state index in [1.54, 1.807) is 0 Å². The van der Waals surface area contributed by atoms with E-state index in [1.807, 2.05) is 0 Å². The van der Waals surface area contributed by atoms with Gasteiger partial charge in [-0.1, -0.05) is 35.0 Å². The molecule has 2 heterocycles. The molecule has 0 radical (unpaired) electrons. The highest BCUT2D eigenvalue weighted by atomic mass is 35.5. The van der Waals surface area contributed by atoms with Crippen molar-refractivity contribution in [2.24, 2.45) is 0 Å². The Bertz CT molecular complexity index is 768. The molecule has 2 amide bonds. The summed E-state index contributed by atoms with van der Waals surface area (Å²) in [5.74, 6) is -0.160. The van der Waals surface area contributed by atoms with Gasteiger partial charge in [0.15, 0.2) is 0 Å². The largest absolute Gasteiger partial charge is 0.289 e. The van der Waals surface area contributed by atoms with Crippen LogP contribution in [0.25, 0.3) is 0 Å². The van der Waals surface area contributed by atoms with Crippen LogP contribution in [0.2, 0.25) is 10.0 Å². The van der Waals surface area contributed by atoms with Gasteiger partial charge >= 0.3 is 0 Å². The van der Waals surface area contributed by atoms with Crippen molar-refractivity contribution in [2.45, 2.75) is 17.4 Å². The van der Waals surface area contributed by atoms with Crippen molar-refractivity contribution in [3.05, 3.63) is 28.2 Å². The number of sulfonamides is 1. The smallest absolute Gasteiger partial charge is 0.273 e. The molecular formula is C13H12Cl2N2O4S2. The SMILES string of the molecule is O=C1CSC(=O)N1C1CCN(S(=O)(=O)c2cc(Cl)ccc2Cl)C1. The third kappa shape index (κ3) is 3.10. The molecule has 124 valence electrons. The number of thioether (sulfide) groups is 1. The van der Waals surface area contributed by atoms with Crippen molar-refractivity contribution in [3.63, 3.8) is 0 Å². The Morgan fingerprint density at radius 2 is 1.96 bits per heavy atom. The molecule has 3 rings (SSSR count). The molecule has 0 saturated carbocycles. The zero-order valence-corrected chi connectivity index (χ0v) is 14.9. The highest BCUT2D eigenvalue weighted by Gasteiger charge is 2.42. The fourth-order valence-electron chi connectivity index (χ4n) is 2.67. The lowest BCUT2D eigenvalue weighted by atomic mass is 10.2. The minimum atomic E-state index is -3.83. The summed E-state index contributed by atoms with van der Waals surface area (Å²) in [4.78, 5) is 24.6. The number of amides is 2. The molecule has 2 fully saturated rings. The second-order valence-electron chi connectivity index (χ2n) is 5.20. The molecule has 1 unspecified atom stereocenters. The molecule has 0 aromatic heterocycles. The van der Waals surface area contributed by atoms with E-state index in [2.05, 4.69) is 0 Å². The van der Waals surface area contributed by atoms with Gasteiger partial charge < -0.3 is 0 Å². The molecule has 2 aliphatic heterocycles. The third-order valence-corrected chi connectivity index (χ3v) is 7.20. The molecule has 1 aromatic rings. The van der Waals surface area contributed by atoms with Gasteiger partial charge in [-0.05, 0) is 24.6 Å². The number of halogens is 2. The van der Waals surface area contributed by atoms with E-state index in [0.717, 1.165) is 11.8 Å². The molecule has 0 N–H and O–H groups in total. The van der Waals surface area contributed by atoms with Crippen LogP contribution in [-0.2, 0) is 14.8 Å². The van der Waals surface area contributed by atoms with Gasteiger partial charge in [0, 0.05) is 18.1 Å². The number of imide groups is 1. The monoisotopic (exact) mass is 394 g/mol. The van der Waals surface area contributed by atoms with Crippen LogP contribution in [-0.4, -0.2) is 53.7 Å². The summed E-state index contributed by atoms with van der Waals surface area (Å²) in [6.45, 7) is 0.292. The summed E-state index contributed by atoms with van der Waals surface area (Å²) in [5, 5.41) is 0.0341. The van der Waals surface area contributed by atoms with Gasteiger partial charge in [-0.3, -0.25) is 14.5 Å². The summed E-state index contributed by atoms with van der Waals surface area (Å²) in [7, 11) is -3.83. The number of rotatable bonds is 3. The lowest BCUT2D eigenvalue weighted by Gasteiger charge is -2.22. The summed E-state index contributed by atoms with van der Waals surface area (Å²) < 4.78 is 26.7. The first kappa shape index (κ1) is 17.0. The Balaban J connectivity index is 1.84. The minimum absolute atomic E-state index is 0.0687. The third-order valence-electron chi connectivity index (χ3n) is 3.79. The summed E-state index contributed by atoms with van der Waals surface area (Å²) >= 11 is 12.8. The molecule has 23 heavy (non-hydrogen) atoms. The van der Waals surface area contributed by atoms with E-state index in [1.165, 1.54) is 27.4 Å². The number of hydrogen-bond acceptors (Lipinski definition) is 5. The Morgan fingerprint density at radius 1 is 1.22 bits per heavy atom. The predicted octanol–water partition coefficient (Wildman–Crippen LogP) is 2.45. The van der Waals surface area contributed by atoms with Gasteiger partial charge in [0.05, 0.1) is 16.8 Å². The highest BCUT2D eigenvalue weighted by molar-refractivity contribution is 8.14. The van der Waals surface area contributed by atoms with E-state index < -0.39 is 16.1 Å². The maximum Gasteiger partial charge on any atom is 0.289 e. The Morgan fingerprint density at radius 3 is 2.61 bits per heavy atom. The van der Waals surface area contributed by atoms with Gasteiger partial charge in [0.2, 0.25) is 15.9 Å². The zero-order valence-electron chi connectivity index (χ0n) is 11.7. The topological polar surface area (TPSA) is 74.8 Å². The summed E-state index contributed by atoms with van der Waals surface area (Å²) in [5.41, 5.74) is 0. The van der Waals surface area contributed by atoms with Gasteiger partial charge in [-0.25, -0.2) is 8.42 Å². The predicted molar refractivity (Wildman–Crippen MR) is 88.3 cm³/mol. The Labute approximate surface area is 147 Å². The lowest BCUT2D eigenvalue weighted by Crippen LogP contribution is -2.41. The number of benzene rings is 1. The molecule has 2 saturated heterocycles. The van der Waals surface area contributed by atoms with Crippen LogP contribution in [0, 0.1) is 0 Å². The van der Waals surface area contributed by atoms with Crippen LogP contribution >= 0.6 is 35.0 Å². The normalized spacial score (nSPS) is 23.0.